The molecular formula is C35H35NO2. The lowest BCUT2D eigenvalue weighted by atomic mass is 9.82. The Morgan fingerprint density at radius 2 is 1.58 bits per heavy atom. The molecule has 3 heteroatoms. The van der Waals surface area contributed by atoms with Crippen LogP contribution in [-0.4, -0.2) is 4.98 Å². The summed E-state index contributed by atoms with van der Waals surface area (Å²) in [6.45, 7) is 15.4. The topological polar surface area (TPSA) is 39.2 Å². The summed E-state index contributed by atoms with van der Waals surface area (Å²) in [4.78, 5) is 5.06. The van der Waals surface area contributed by atoms with Gasteiger partial charge in [0.2, 0.25) is 5.71 Å². The Kier molecular flexibility index (Phi) is 5.72. The Morgan fingerprint density at radius 3 is 2.34 bits per heavy atom. The lowest BCUT2D eigenvalue weighted by molar-refractivity contribution is 0.500. The van der Waals surface area contributed by atoms with Crippen LogP contribution < -0.4 is 0 Å². The van der Waals surface area contributed by atoms with Crippen LogP contribution in [0, 0.1) is 19.8 Å². The quantitative estimate of drug-likeness (QED) is 0.241. The van der Waals surface area contributed by atoms with E-state index in [2.05, 4.69) is 108 Å². The molecule has 0 atom stereocenters. The summed E-state index contributed by atoms with van der Waals surface area (Å²) >= 11 is 0. The highest BCUT2D eigenvalue weighted by molar-refractivity contribution is 6.00. The lowest BCUT2D eigenvalue weighted by Crippen LogP contribution is -2.12. The van der Waals surface area contributed by atoms with Crippen LogP contribution in [0.25, 0.3) is 55.2 Å². The standard InChI is InChI=1S/C35H35NO2/c1-20(2)14-27-17-26-16-24(12-13-32(26)38-27)29-19-31(36-34-33(29)21(3)22(4)37-34)25-15-23-10-8-9-11-28(23)30(18-25)35(5,6)7/h8-13,15-20H,14H2,1-7H3. The van der Waals surface area contributed by atoms with E-state index in [1.807, 2.05) is 6.92 Å². The van der Waals surface area contributed by atoms with Crippen molar-refractivity contribution in [2.45, 2.75) is 60.3 Å². The summed E-state index contributed by atoms with van der Waals surface area (Å²) in [7, 11) is 0. The van der Waals surface area contributed by atoms with Crippen molar-refractivity contribution >= 4 is 32.8 Å². The van der Waals surface area contributed by atoms with Gasteiger partial charge in [-0.3, -0.25) is 0 Å². The average molecular weight is 502 g/mol. The van der Waals surface area contributed by atoms with Gasteiger partial charge in [0.15, 0.2) is 0 Å². The van der Waals surface area contributed by atoms with Gasteiger partial charge in [0, 0.05) is 22.9 Å². The molecule has 3 heterocycles. The van der Waals surface area contributed by atoms with Crippen LogP contribution in [0.5, 0.6) is 0 Å². The third-order valence-electron chi connectivity index (χ3n) is 7.59. The summed E-state index contributed by atoms with van der Waals surface area (Å²) in [5.41, 5.74) is 8.37. The van der Waals surface area contributed by atoms with E-state index >= 15 is 0 Å². The molecule has 3 aromatic heterocycles. The Balaban J connectivity index is 1.59. The second-order valence-corrected chi connectivity index (χ2v) is 12.1. The van der Waals surface area contributed by atoms with E-state index < -0.39 is 0 Å². The third-order valence-corrected chi connectivity index (χ3v) is 7.59. The number of aryl methyl sites for hydroxylation is 2. The van der Waals surface area contributed by atoms with Crippen molar-refractivity contribution in [1.82, 2.24) is 4.98 Å². The number of aromatic nitrogens is 1. The molecule has 38 heavy (non-hydrogen) atoms. The molecule has 3 aromatic carbocycles. The minimum absolute atomic E-state index is 0.000412. The molecule has 0 bridgehead atoms. The largest absolute Gasteiger partial charge is 0.461 e. The monoisotopic (exact) mass is 501 g/mol. The first-order valence-electron chi connectivity index (χ1n) is 13.6. The van der Waals surface area contributed by atoms with Gasteiger partial charge in [0.25, 0.3) is 0 Å². The van der Waals surface area contributed by atoms with Gasteiger partial charge in [-0.1, -0.05) is 65.0 Å². The Bertz CT molecular complexity index is 1820. The normalized spacial score (nSPS) is 12.4. The zero-order valence-corrected chi connectivity index (χ0v) is 23.4. The lowest BCUT2D eigenvalue weighted by Gasteiger charge is -2.23. The van der Waals surface area contributed by atoms with Crippen molar-refractivity contribution in [2.75, 3.05) is 0 Å². The number of rotatable bonds is 4. The number of hydrogen-bond acceptors (Lipinski definition) is 3. The van der Waals surface area contributed by atoms with Crippen molar-refractivity contribution in [1.29, 1.82) is 0 Å². The summed E-state index contributed by atoms with van der Waals surface area (Å²) in [5, 5.41) is 4.72. The Labute approximate surface area is 224 Å². The average Bonchev–Trinajstić information content (AvgIpc) is 3.40. The predicted molar refractivity (Wildman–Crippen MR) is 159 cm³/mol. The van der Waals surface area contributed by atoms with Gasteiger partial charge in [-0.05, 0) is 89.0 Å². The predicted octanol–water partition coefficient (Wildman–Crippen LogP) is 10.2. The number of fused-ring (bicyclic) bond motifs is 3. The van der Waals surface area contributed by atoms with Crippen LogP contribution in [-0.2, 0) is 11.8 Å². The van der Waals surface area contributed by atoms with Crippen LogP contribution in [0.2, 0.25) is 0 Å². The second-order valence-electron chi connectivity index (χ2n) is 12.1. The zero-order chi connectivity index (χ0) is 26.8. The molecule has 6 rings (SSSR count). The smallest absolute Gasteiger partial charge is 0.227 e. The molecule has 6 aromatic rings. The number of nitrogens with zero attached hydrogens (tertiary/aromatic N) is 1. The molecule has 0 N–H and O–H groups in total. The van der Waals surface area contributed by atoms with Gasteiger partial charge in [-0.15, -0.1) is 0 Å². The van der Waals surface area contributed by atoms with Crippen LogP contribution in [0.1, 0.15) is 57.3 Å². The van der Waals surface area contributed by atoms with Crippen molar-refractivity contribution < 1.29 is 8.83 Å². The van der Waals surface area contributed by atoms with Gasteiger partial charge in [0.1, 0.15) is 17.1 Å². The van der Waals surface area contributed by atoms with Gasteiger partial charge >= 0.3 is 0 Å². The summed E-state index contributed by atoms with van der Waals surface area (Å²) in [6, 6.07) is 24.1. The van der Waals surface area contributed by atoms with Crippen molar-refractivity contribution in [2.24, 2.45) is 5.92 Å². The molecule has 0 spiro atoms. The highest BCUT2D eigenvalue weighted by Gasteiger charge is 2.21. The third kappa shape index (κ3) is 4.20. The molecule has 0 aliphatic rings. The Morgan fingerprint density at radius 1 is 0.816 bits per heavy atom. The molecule has 0 amide bonds. The molecule has 3 nitrogen and oxygen atoms in total. The van der Waals surface area contributed by atoms with Crippen molar-refractivity contribution in [3.63, 3.8) is 0 Å². The van der Waals surface area contributed by atoms with Crippen molar-refractivity contribution in [3.8, 4) is 22.4 Å². The highest BCUT2D eigenvalue weighted by atomic mass is 16.3. The molecule has 0 fully saturated rings. The van der Waals surface area contributed by atoms with Gasteiger partial charge in [-0.2, -0.15) is 0 Å². The molecule has 192 valence electrons. The van der Waals surface area contributed by atoms with Gasteiger partial charge in [0.05, 0.1) is 11.1 Å². The first-order valence-corrected chi connectivity index (χ1v) is 13.6. The van der Waals surface area contributed by atoms with E-state index in [1.54, 1.807) is 0 Å². The molecule has 0 unspecified atom stereocenters. The Hall–Kier alpha value is -3.85. The van der Waals surface area contributed by atoms with E-state index in [-0.39, 0.29) is 5.41 Å². The fraction of sp³-hybridized carbons (Fsp3) is 0.286. The first-order chi connectivity index (χ1) is 18.1. The van der Waals surface area contributed by atoms with E-state index in [4.69, 9.17) is 13.8 Å². The molecule has 0 radical (unpaired) electrons. The summed E-state index contributed by atoms with van der Waals surface area (Å²) in [6.07, 6.45) is 0.936. The maximum Gasteiger partial charge on any atom is 0.227 e. The maximum absolute atomic E-state index is 6.21. The highest BCUT2D eigenvalue weighted by Crippen LogP contribution is 2.40. The summed E-state index contributed by atoms with van der Waals surface area (Å²) in [5.74, 6) is 2.49. The van der Waals surface area contributed by atoms with E-state index in [9.17, 15) is 0 Å². The molecular weight excluding hydrogens is 466 g/mol. The number of furan rings is 2. The molecule has 0 saturated carbocycles. The second kappa shape index (κ2) is 8.87. The van der Waals surface area contributed by atoms with Crippen LogP contribution in [0.3, 0.4) is 0 Å². The summed E-state index contributed by atoms with van der Waals surface area (Å²) < 4.78 is 12.3. The van der Waals surface area contributed by atoms with Crippen LogP contribution >= 0.6 is 0 Å². The maximum atomic E-state index is 6.21. The van der Waals surface area contributed by atoms with E-state index in [1.165, 1.54) is 16.3 Å². The fourth-order valence-electron chi connectivity index (χ4n) is 5.58. The molecule has 0 aliphatic carbocycles. The van der Waals surface area contributed by atoms with E-state index in [0.29, 0.717) is 11.6 Å². The minimum atomic E-state index is 0.000412. The molecule has 0 aliphatic heterocycles. The fourth-order valence-corrected chi connectivity index (χ4v) is 5.58. The van der Waals surface area contributed by atoms with Gasteiger partial charge < -0.3 is 8.83 Å². The van der Waals surface area contributed by atoms with E-state index in [0.717, 1.165) is 62.2 Å². The number of benzene rings is 3. The minimum Gasteiger partial charge on any atom is -0.461 e. The molecule has 0 saturated heterocycles. The first kappa shape index (κ1) is 24.5. The van der Waals surface area contributed by atoms with Crippen LogP contribution in [0.15, 0.2) is 75.6 Å². The number of hydrogen-bond donors (Lipinski definition) is 0. The number of pyridine rings is 1. The van der Waals surface area contributed by atoms with Crippen LogP contribution in [0.4, 0.5) is 0 Å². The van der Waals surface area contributed by atoms with Crippen molar-refractivity contribution in [3.05, 3.63) is 89.4 Å². The zero-order valence-electron chi connectivity index (χ0n) is 23.4. The SMILES string of the molecule is Cc1oc2nc(-c3cc(C(C)(C)C)c4ccccc4c3)cc(-c3ccc4oc(CC(C)C)cc4c3)c2c1C. The van der Waals surface area contributed by atoms with Gasteiger partial charge in [-0.25, -0.2) is 4.98 Å².